The maximum absolute atomic E-state index is 12.1. The number of piperidine rings is 1. The molecule has 2 fully saturated rings. The number of rotatable bonds is 8. The van der Waals surface area contributed by atoms with Crippen LogP contribution in [0.5, 0.6) is 5.75 Å². The fourth-order valence-electron chi connectivity index (χ4n) is 7.14. The summed E-state index contributed by atoms with van der Waals surface area (Å²) in [5, 5.41) is 27.7. The Labute approximate surface area is 259 Å². The third-order valence-corrected chi connectivity index (χ3v) is 9.52. The van der Waals surface area contributed by atoms with E-state index >= 15 is 0 Å². The molecule has 2 atom stereocenters. The van der Waals surface area contributed by atoms with Crippen LogP contribution in [0.3, 0.4) is 0 Å². The van der Waals surface area contributed by atoms with Crippen LogP contribution in [0.15, 0.2) is 85.1 Å². The number of carboxylic acids is 2. The number of benzene rings is 2. The molecular formula is C36H44N2O6. The number of nitrogens with zero attached hydrogens (tertiary/aromatic N) is 2. The first-order valence-corrected chi connectivity index (χ1v) is 15.9. The van der Waals surface area contributed by atoms with Crippen molar-refractivity contribution in [3.63, 3.8) is 0 Å². The van der Waals surface area contributed by atoms with Gasteiger partial charge in [-0.1, -0.05) is 67.8 Å². The lowest BCUT2D eigenvalue weighted by Gasteiger charge is -2.41. The van der Waals surface area contributed by atoms with Crippen molar-refractivity contribution in [2.24, 2.45) is 11.8 Å². The Bertz CT molecular complexity index is 1390. The number of para-hydroxylation sites is 1. The van der Waals surface area contributed by atoms with Crippen molar-refractivity contribution < 1.29 is 29.6 Å². The third-order valence-electron chi connectivity index (χ3n) is 9.52. The zero-order valence-electron chi connectivity index (χ0n) is 25.3. The van der Waals surface area contributed by atoms with Gasteiger partial charge in [-0.25, -0.2) is 9.59 Å². The molecule has 234 valence electrons. The first-order chi connectivity index (χ1) is 21.3. The molecule has 3 aliphatic rings. The second-order valence-electron chi connectivity index (χ2n) is 12.3. The monoisotopic (exact) mass is 600 g/mol. The van der Waals surface area contributed by atoms with Gasteiger partial charge in [0.1, 0.15) is 11.9 Å². The van der Waals surface area contributed by atoms with Gasteiger partial charge in [-0.3, -0.25) is 0 Å². The number of hydrogen-bond acceptors (Lipinski definition) is 5. The molecule has 3 heterocycles. The molecule has 6 rings (SSSR count). The number of carbonyl (C=O) groups is 2. The van der Waals surface area contributed by atoms with Crippen molar-refractivity contribution in [3.05, 3.63) is 102 Å². The summed E-state index contributed by atoms with van der Waals surface area (Å²) in [5.41, 5.74) is 2.96. The number of aliphatic carboxylic acids is 2. The van der Waals surface area contributed by atoms with Crippen LogP contribution in [0, 0.1) is 11.8 Å². The van der Waals surface area contributed by atoms with E-state index in [0.29, 0.717) is 24.0 Å². The Balaban J connectivity index is 0.000000426. The van der Waals surface area contributed by atoms with Crippen LogP contribution in [0.1, 0.15) is 74.3 Å². The van der Waals surface area contributed by atoms with Crippen LogP contribution in [0.25, 0.3) is 0 Å². The molecule has 3 N–H and O–H groups in total. The highest BCUT2D eigenvalue weighted by atomic mass is 16.5. The first-order valence-electron chi connectivity index (χ1n) is 15.9. The van der Waals surface area contributed by atoms with Gasteiger partial charge in [-0.05, 0) is 74.9 Å². The van der Waals surface area contributed by atoms with Gasteiger partial charge in [-0.15, -0.1) is 0 Å². The van der Waals surface area contributed by atoms with Crippen molar-refractivity contribution in [1.29, 1.82) is 0 Å². The SMILES string of the molecule is O=C(O)C=CC(=O)O.OC(CCN1CCC(C2Oc3ccccc3Cn3cccc32)CC1)(c1ccccc1)C1CCCCC1. The van der Waals surface area contributed by atoms with Crippen LogP contribution in [-0.4, -0.2) is 56.4 Å². The maximum atomic E-state index is 12.1. The summed E-state index contributed by atoms with van der Waals surface area (Å²) in [6.07, 6.45) is 12.6. The lowest BCUT2D eigenvalue weighted by atomic mass is 9.71. The van der Waals surface area contributed by atoms with E-state index in [4.69, 9.17) is 14.9 Å². The van der Waals surface area contributed by atoms with Crippen molar-refractivity contribution in [2.45, 2.75) is 69.6 Å². The molecule has 2 aromatic carbocycles. The zero-order valence-corrected chi connectivity index (χ0v) is 25.3. The van der Waals surface area contributed by atoms with E-state index < -0.39 is 17.5 Å². The topological polar surface area (TPSA) is 112 Å². The van der Waals surface area contributed by atoms with E-state index in [0.717, 1.165) is 69.6 Å². The molecule has 0 radical (unpaired) electrons. The highest BCUT2D eigenvalue weighted by Crippen LogP contribution is 2.43. The van der Waals surface area contributed by atoms with E-state index in [2.05, 4.69) is 82.4 Å². The minimum Gasteiger partial charge on any atom is -0.484 e. The first kappa shape index (κ1) is 31.5. The fraction of sp³-hybridized carbons (Fsp3) is 0.444. The average molecular weight is 601 g/mol. The Hall–Kier alpha value is -3.88. The molecule has 1 aliphatic carbocycles. The summed E-state index contributed by atoms with van der Waals surface area (Å²) in [6.45, 7) is 3.98. The van der Waals surface area contributed by atoms with Crippen molar-refractivity contribution in [2.75, 3.05) is 19.6 Å². The van der Waals surface area contributed by atoms with Crippen LogP contribution in [-0.2, 0) is 21.7 Å². The molecular weight excluding hydrogens is 556 g/mol. The summed E-state index contributed by atoms with van der Waals surface area (Å²) in [6, 6.07) is 23.4. The van der Waals surface area contributed by atoms with Crippen LogP contribution in [0.4, 0.5) is 0 Å². The minimum absolute atomic E-state index is 0.106. The summed E-state index contributed by atoms with van der Waals surface area (Å²) < 4.78 is 9.06. The molecule has 1 saturated carbocycles. The molecule has 1 saturated heterocycles. The molecule has 0 bridgehead atoms. The van der Waals surface area contributed by atoms with Gasteiger partial charge in [0.05, 0.1) is 17.8 Å². The molecule has 3 aromatic rings. The minimum atomic E-state index is -1.26. The summed E-state index contributed by atoms with van der Waals surface area (Å²) >= 11 is 0. The lowest BCUT2D eigenvalue weighted by molar-refractivity contribution is -0.134. The standard InChI is InChI=1S/C32H40N2O2.C4H4O4/c35-32(27-11-3-1-4-12-27,28-13-5-2-6-14-28)19-23-33-21-17-25(18-22-33)31-29-15-9-20-34(29)24-26-10-7-8-16-30(26)36-31;5-3(6)1-2-4(7)8/h1,3-4,7-12,15-16,20,25,28,31,35H,2,5-6,13-14,17-19,21-24H2;1-2H,(H,5,6)(H,7,8). The summed E-state index contributed by atoms with van der Waals surface area (Å²) in [7, 11) is 0. The quantitative estimate of drug-likeness (QED) is 0.262. The second kappa shape index (κ2) is 14.7. The normalized spacial score (nSPS) is 20.7. The highest BCUT2D eigenvalue weighted by molar-refractivity contribution is 5.89. The van der Waals surface area contributed by atoms with Gasteiger partial charge in [0.2, 0.25) is 0 Å². The largest absolute Gasteiger partial charge is 0.484 e. The number of likely N-dealkylation sites (tertiary alicyclic amines) is 1. The summed E-state index contributed by atoms with van der Waals surface area (Å²) in [5.74, 6) is -0.598. The fourth-order valence-corrected chi connectivity index (χ4v) is 7.14. The van der Waals surface area contributed by atoms with Crippen LogP contribution < -0.4 is 4.74 Å². The molecule has 44 heavy (non-hydrogen) atoms. The van der Waals surface area contributed by atoms with Gasteiger partial charge in [-0.2, -0.15) is 0 Å². The third kappa shape index (κ3) is 7.79. The van der Waals surface area contributed by atoms with Crippen molar-refractivity contribution in [1.82, 2.24) is 9.47 Å². The molecule has 2 aliphatic heterocycles. The predicted molar refractivity (Wildman–Crippen MR) is 168 cm³/mol. The molecule has 1 aromatic heterocycles. The number of aromatic nitrogens is 1. The van der Waals surface area contributed by atoms with Crippen LogP contribution >= 0.6 is 0 Å². The predicted octanol–water partition coefficient (Wildman–Crippen LogP) is 6.25. The second-order valence-corrected chi connectivity index (χ2v) is 12.3. The van der Waals surface area contributed by atoms with Crippen molar-refractivity contribution in [3.8, 4) is 5.75 Å². The van der Waals surface area contributed by atoms with E-state index in [1.165, 1.54) is 30.5 Å². The Kier molecular flexibility index (Phi) is 10.6. The van der Waals surface area contributed by atoms with Gasteiger partial charge >= 0.3 is 11.9 Å². The van der Waals surface area contributed by atoms with Crippen LogP contribution in [0.2, 0.25) is 0 Å². The van der Waals surface area contributed by atoms with E-state index in [1.807, 2.05) is 0 Å². The zero-order chi connectivity index (χ0) is 30.9. The van der Waals surface area contributed by atoms with Gasteiger partial charge in [0, 0.05) is 36.4 Å². The number of carboxylic acid groups (broad SMARTS) is 2. The van der Waals surface area contributed by atoms with E-state index in [1.54, 1.807) is 0 Å². The molecule has 0 spiro atoms. The Morgan fingerprint density at radius 1 is 0.841 bits per heavy atom. The number of ether oxygens (including phenoxy) is 1. The maximum Gasteiger partial charge on any atom is 0.328 e. The number of fused-ring (bicyclic) bond motifs is 2. The molecule has 8 nitrogen and oxygen atoms in total. The van der Waals surface area contributed by atoms with E-state index in [9.17, 15) is 14.7 Å². The smallest absolute Gasteiger partial charge is 0.328 e. The number of hydrogen-bond donors (Lipinski definition) is 3. The van der Waals surface area contributed by atoms with Gasteiger partial charge in [0.25, 0.3) is 0 Å². The number of aliphatic hydroxyl groups is 1. The lowest BCUT2D eigenvalue weighted by Crippen LogP contribution is -2.43. The molecule has 2 unspecified atom stereocenters. The van der Waals surface area contributed by atoms with E-state index in [-0.39, 0.29) is 6.10 Å². The highest BCUT2D eigenvalue weighted by Gasteiger charge is 2.40. The van der Waals surface area contributed by atoms with Gasteiger partial charge in [0.15, 0.2) is 0 Å². The molecule has 0 amide bonds. The average Bonchev–Trinajstić information content (AvgIpc) is 3.45. The van der Waals surface area contributed by atoms with Gasteiger partial charge < -0.3 is 29.5 Å². The van der Waals surface area contributed by atoms with Crippen molar-refractivity contribution >= 4 is 11.9 Å². The molecule has 8 heteroatoms. The summed E-state index contributed by atoms with van der Waals surface area (Å²) in [4.78, 5) is 21.7. The Morgan fingerprint density at radius 3 is 2.18 bits per heavy atom. The Morgan fingerprint density at radius 2 is 1.50 bits per heavy atom.